The van der Waals surface area contributed by atoms with Gasteiger partial charge in [0.15, 0.2) is 0 Å². The highest BCUT2D eigenvalue weighted by Crippen LogP contribution is 2.48. The maximum atomic E-state index is 6.62. The number of fused-ring (bicyclic) bond motifs is 11. The molecule has 0 aliphatic carbocycles. The highest BCUT2D eigenvalue weighted by Gasteiger charge is 2.21. The smallest absolute Gasteiger partial charge is 0.143 e. The van der Waals surface area contributed by atoms with Crippen molar-refractivity contribution in [1.82, 2.24) is 0 Å². The van der Waals surface area contributed by atoms with Crippen LogP contribution in [0.1, 0.15) is 0 Å². The first-order valence-corrected chi connectivity index (χ1v) is 17.6. The number of hydrogen-bond donors (Lipinski definition) is 0. The third kappa shape index (κ3) is 4.09. The van der Waals surface area contributed by atoms with Gasteiger partial charge in [-0.3, -0.25) is 0 Å². The Morgan fingerprint density at radius 2 is 0.667 bits per heavy atom. The van der Waals surface area contributed by atoms with Crippen LogP contribution in [0.3, 0.4) is 0 Å². The highest BCUT2D eigenvalue weighted by molar-refractivity contribution is 6.27. The van der Waals surface area contributed by atoms with E-state index in [0.29, 0.717) is 0 Å². The van der Waals surface area contributed by atoms with Gasteiger partial charge in [-0.05, 0) is 88.2 Å². The number of furan rings is 1. The van der Waals surface area contributed by atoms with E-state index in [4.69, 9.17) is 4.42 Å². The van der Waals surface area contributed by atoms with E-state index in [2.05, 4.69) is 176 Å². The minimum atomic E-state index is 0.912. The molecular weight excluding hydrogens is 617 g/mol. The fourth-order valence-electron chi connectivity index (χ4n) is 8.68. The predicted octanol–water partition coefficient (Wildman–Crippen LogP) is 14.4. The third-order valence-corrected chi connectivity index (χ3v) is 10.9. The number of benzene rings is 10. The van der Waals surface area contributed by atoms with Crippen LogP contribution >= 0.6 is 0 Å². The molecule has 11 rings (SSSR count). The van der Waals surface area contributed by atoms with Crippen molar-refractivity contribution >= 4 is 75.8 Å². The summed E-state index contributed by atoms with van der Waals surface area (Å²) in [6, 6.07) is 66.3. The second-order valence-corrected chi connectivity index (χ2v) is 13.5. The molecule has 0 aliphatic heterocycles. The van der Waals surface area contributed by atoms with Gasteiger partial charge in [-0.15, -0.1) is 0 Å². The number of para-hydroxylation sites is 2. The van der Waals surface area contributed by atoms with E-state index >= 15 is 0 Å². The Morgan fingerprint density at radius 1 is 0.255 bits per heavy atom. The molecule has 11 aromatic rings. The van der Waals surface area contributed by atoms with Crippen molar-refractivity contribution in [2.75, 3.05) is 0 Å². The molecular formula is C50H30O. The normalized spacial score (nSPS) is 11.9. The molecule has 1 heteroatoms. The SMILES string of the molecule is c1ccc(-c2c3ccccc3c(-c3cccc4c3oc3ccccc34)c3ccccc23)c(-c2ccc3c4ccccc4c4ccccc4c3c2)c1. The summed E-state index contributed by atoms with van der Waals surface area (Å²) in [6.07, 6.45) is 0. The zero-order valence-corrected chi connectivity index (χ0v) is 27.7. The van der Waals surface area contributed by atoms with E-state index in [-0.39, 0.29) is 0 Å². The minimum Gasteiger partial charge on any atom is -0.455 e. The summed E-state index contributed by atoms with van der Waals surface area (Å²) in [5.41, 5.74) is 9.07. The summed E-state index contributed by atoms with van der Waals surface area (Å²) in [5, 5.41) is 14.9. The molecule has 1 heterocycles. The molecule has 0 amide bonds. The Kier molecular flexibility index (Phi) is 6.02. The standard InChI is InChI=1S/C50H30O/c1-6-20-39(32(14-1)31-28-29-37-35-17-3-2-15-33(35)34-16-4-5-18-36(34)46(37)30-31)48-40-21-7-9-23-42(40)49(43-24-10-8-22-41(43)48)45-26-13-25-44-38-19-11-12-27-47(38)51-50(44)45/h1-30H. The van der Waals surface area contributed by atoms with Crippen LogP contribution in [0.4, 0.5) is 0 Å². The summed E-state index contributed by atoms with van der Waals surface area (Å²) in [6.45, 7) is 0. The van der Waals surface area contributed by atoms with Gasteiger partial charge >= 0.3 is 0 Å². The average molecular weight is 647 g/mol. The third-order valence-electron chi connectivity index (χ3n) is 10.9. The molecule has 0 spiro atoms. The summed E-state index contributed by atoms with van der Waals surface area (Å²) >= 11 is 0. The van der Waals surface area contributed by atoms with Gasteiger partial charge in [-0.2, -0.15) is 0 Å². The molecule has 236 valence electrons. The van der Waals surface area contributed by atoms with Gasteiger partial charge in [0.25, 0.3) is 0 Å². The van der Waals surface area contributed by atoms with Gasteiger partial charge in [0.05, 0.1) is 0 Å². The lowest BCUT2D eigenvalue weighted by Crippen LogP contribution is -1.93. The molecule has 0 unspecified atom stereocenters. The molecule has 10 aromatic carbocycles. The van der Waals surface area contributed by atoms with E-state index in [1.807, 2.05) is 6.07 Å². The number of hydrogen-bond acceptors (Lipinski definition) is 1. The van der Waals surface area contributed by atoms with E-state index in [1.165, 1.54) is 81.7 Å². The molecule has 0 saturated carbocycles. The maximum Gasteiger partial charge on any atom is 0.143 e. The Morgan fingerprint density at radius 3 is 1.27 bits per heavy atom. The molecule has 0 radical (unpaired) electrons. The molecule has 0 N–H and O–H groups in total. The molecule has 0 bridgehead atoms. The summed E-state index contributed by atoms with van der Waals surface area (Å²) in [7, 11) is 0. The van der Waals surface area contributed by atoms with Gasteiger partial charge in [0, 0.05) is 21.9 Å². The molecule has 1 aromatic heterocycles. The van der Waals surface area contributed by atoms with E-state index < -0.39 is 0 Å². The first-order chi connectivity index (χ1) is 25.3. The average Bonchev–Trinajstić information content (AvgIpc) is 3.59. The van der Waals surface area contributed by atoms with Crippen LogP contribution in [0.15, 0.2) is 186 Å². The van der Waals surface area contributed by atoms with E-state index in [1.54, 1.807) is 0 Å². The zero-order valence-electron chi connectivity index (χ0n) is 27.7. The Bertz CT molecular complexity index is 3100. The maximum absolute atomic E-state index is 6.62. The quantitative estimate of drug-likeness (QED) is 0.138. The van der Waals surface area contributed by atoms with Crippen molar-refractivity contribution in [2.24, 2.45) is 0 Å². The second-order valence-electron chi connectivity index (χ2n) is 13.5. The first-order valence-electron chi connectivity index (χ1n) is 17.6. The molecule has 0 saturated heterocycles. The minimum absolute atomic E-state index is 0.912. The van der Waals surface area contributed by atoms with Gasteiger partial charge in [-0.25, -0.2) is 0 Å². The van der Waals surface area contributed by atoms with Crippen LogP contribution in [0.25, 0.3) is 109 Å². The van der Waals surface area contributed by atoms with Crippen LogP contribution in [-0.2, 0) is 0 Å². The largest absolute Gasteiger partial charge is 0.455 e. The van der Waals surface area contributed by atoms with Gasteiger partial charge < -0.3 is 4.42 Å². The molecule has 0 atom stereocenters. The van der Waals surface area contributed by atoms with Crippen molar-refractivity contribution in [2.45, 2.75) is 0 Å². The van der Waals surface area contributed by atoms with Gasteiger partial charge in [0.1, 0.15) is 11.2 Å². The molecule has 0 aliphatic rings. The van der Waals surface area contributed by atoms with Crippen LogP contribution in [0.5, 0.6) is 0 Å². The van der Waals surface area contributed by atoms with Gasteiger partial charge in [-0.1, -0.05) is 170 Å². The predicted molar refractivity (Wildman–Crippen MR) is 218 cm³/mol. The van der Waals surface area contributed by atoms with Gasteiger partial charge in [0.2, 0.25) is 0 Å². The molecule has 51 heavy (non-hydrogen) atoms. The summed E-state index contributed by atoms with van der Waals surface area (Å²) in [4.78, 5) is 0. The van der Waals surface area contributed by atoms with E-state index in [9.17, 15) is 0 Å². The van der Waals surface area contributed by atoms with E-state index in [0.717, 1.165) is 27.5 Å². The summed E-state index contributed by atoms with van der Waals surface area (Å²) in [5.74, 6) is 0. The monoisotopic (exact) mass is 646 g/mol. The second kappa shape index (κ2) is 10.9. The van der Waals surface area contributed by atoms with Crippen LogP contribution in [0.2, 0.25) is 0 Å². The van der Waals surface area contributed by atoms with Crippen LogP contribution in [0, 0.1) is 0 Å². The number of rotatable bonds is 3. The Hall–Kier alpha value is -6.70. The fraction of sp³-hybridized carbons (Fsp3) is 0. The lowest BCUT2D eigenvalue weighted by Gasteiger charge is -2.20. The van der Waals surface area contributed by atoms with Crippen molar-refractivity contribution < 1.29 is 4.42 Å². The van der Waals surface area contributed by atoms with Crippen LogP contribution < -0.4 is 0 Å². The van der Waals surface area contributed by atoms with Crippen molar-refractivity contribution in [3.63, 3.8) is 0 Å². The van der Waals surface area contributed by atoms with Crippen molar-refractivity contribution in [3.8, 4) is 33.4 Å². The molecule has 1 nitrogen and oxygen atoms in total. The lowest BCUT2D eigenvalue weighted by atomic mass is 9.83. The summed E-state index contributed by atoms with van der Waals surface area (Å²) < 4.78 is 6.62. The highest BCUT2D eigenvalue weighted by atomic mass is 16.3. The molecule has 0 fully saturated rings. The topological polar surface area (TPSA) is 13.1 Å². The Labute approximate surface area is 294 Å². The zero-order chi connectivity index (χ0) is 33.5. The lowest BCUT2D eigenvalue weighted by molar-refractivity contribution is 0.670. The Balaban J connectivity index is 1.21. The fourth-order valence-corrected chi connectivity index (χ4v) is 8.68. The van der Waals surface area contributed by atoms with Crippen molar-refractivity contribution in [1.29, 1.82) is 0 Å². The van der Waals surface area contributed by atoms with Crippen LogP contribution in [-0.4, -0.2) is 0 Å². The van der Waals surface area contributed by atoms with Crippen molar-refractivity contribution in [3.05, 3.63) is 182 Å². The first kappa shape index (κ1) is 28.2.